The van der Waals surface area contributed by atoms with Gasteiger partial charge in [-0.1, -0.05) is 46.4 Å². The molecule has 5 aliphatic heterocycles. The molecule has 0 bridgehead atoms. The van der Waals surface area contributed by atoms with Crippen molar-refractivity contribution in [1.82, 2.24) is 49.8 Å². The van der Waals surface area contributed by atoms with Crippen LogP contribution in [0.5, 0.6) is 0 Å². The lowest BCUT2D eigenvalue weighted by Crippen LogP contribution is -2.46. The number of amides is 1. The molecule has 87 heavy (non-hydrogen) atoms. The first kappa shape index (κ1) is 58.0. The van der Waals surface area contributed by atoms with Crippen LogP contribution in [0.3, 0.4) is 0 Å². The van der Waals surface area contributed by atoms with E-state index in [0.29, 0.717) is 11.9 Å². The number of carbonyl (C=O) groups excluding carboxylic acids is 1. The van der Waals surface area contributed by atoms with Gasteiger partial charge in [0.1, 0.15) is 0 Å². The third-order valence-electron chi connectivity index (χ3n) is 17.8. The molecule has 0 saturated carbocycles. The summed E-state index contributed by atoms with van der Waals surface area (Å²) >= 11 is 25.0. The molecule has 4 aromatic carbocycles. The van der Waals surface area contributed by atoms with Gasteiger partial charge in [-0.05, 0) is 117 Å². The van der Waals surface area contributed by atoms with E-state index in [1.165, 1.54) is 55.9 Å². The van der Waals surface area contributed by atoms with Gasteiger partial charge in [0.25, 0.3) is 0 Å². The fraction of sp³-hybridized carbons (Fsp3) is 0.318. The minimum absolute atomic E-state index is 0.342. The van der Waals surface area contributed by atoms with Crippen LogP contribution in [-0.4, -0.2) is 140 Å². The molecule has 5 aliphatic rings. The smallest absolute Gasteiger partial charge is 0.222 e. The Labute approximate surface area is 525 Å². The quantitative estimate of drug-likeness (QED) is 0.120. The van der Waals surface area contributed by atoms with E-state index >= 15 is 0 Å². The molecule has 0 radical (unpaired) electrons. The Bertz CT molecular complexity index is 4020. The van der Waals surface area contributed by atoms with Crippen molar-refractivity contribution in [2.45, 2.75) is 51.6 Å². The average molecular weight is 1250 g/mol. The summed E-state index contributed by atoms with van der Waals surface area (Å²) in [5.41, 5.74) is 15.3. The summed E-state index contributed by atoms with van der Waals surface area (Å²) in [4.78, 5) is 46.4. The predicted octanol–water partition coefficient (Wildman–Crippen LogP) is 13.3. The van der Waals surface area contributed by atoms with Crippen molar-refractivity contribution in [1.29, 1.82) is 0 Å². The zero-order chi connectivity index (χ0) is 59.5. The number of carbonyl (C=O) groups is 1. The van der Waals surface area contributed by atoms with Crippen LogP contribution in [0.1, 0.15) is 42.6 Å². The van der Waals surface area contributed by atoms with Crippen LogP contribution in [0.15, 0.2) is 141 Å². The van der Waals surface area contributed by atoms with E-state index in [9.17, 15) is 4.79 Å². The second kappa shape index (κ2) is 25.7. The number of fused-ring (bicyclic) bond motifs is 5. The number of nitrogens with zero attached hydrogens (tertiary/aromatic N) is 12. The number of piperazine rings is 2. The van der Waals surface area contributed by atoms with Crippen molar-refractivity contribution in [3.63, 3.8) is 0 Å². The van der Waals surface area contributed by atoms with Crippen molar-refractivity contribution in [3.8, 4) is 0 Å². The summed E-state index contributed by atoms with van der Waals surface area (Å²) in [7, 11) is 2.02. The number of aromatic nitrogens is 9. The minimum Gasteiger partial charge on any atom is -0.371 e. The number of likely N-dealkylation sites (tertiary alicyclic amines) is 1. The zero-order valence-electron chi connectivity index (χ0n) is 48.9. The lowest BCUT2D eigenvalue weighted by Gasteiger charge is -2.38. The number of halogens is 4. The molecule has 1 amide bonds. The molecule has 0 aliphatic carbocycles. The highest BCUT2D eigenvalue weighted by Crippen LogP contribution is 2.37. The van der Waals surface area contributed by atoms with Crippen LogP contribution in [0.25, 0.3) is 43.6 Å². The van der Waals surface area contributed by atoms with E-state index in [0.717, 1.165) is 176 Å². The minimum atomic E-state index is 0.342. The van der Waals surface area contributed by atoms with Crippen LogP contribution >= 0.6 is 46.4 Å². The molecule has 0 spiro atoms. The van der Waals surface area contributed by atoms with E-state index in [1.807, 2.05) is 97.7 Å². The lowest BCUT2D eigenvalue weighted by atomic mass is 10.0. The summed E-state index contributed by atoms with van der Waals surface area (Å²) in [6.07, 6.45) is 20.1. The van der Waals surface area contributed by atoms with Gasteiger partial charge in [0, 0.05) is 246 Å². The molecular weight excluding hydrogens is 1170 g/mol. The predicted molar refractivity (Wildman–Crippen MR) is 357 cm³/mol. The first-order valence-electron chi connectivity index (χ1n) is 30.0. The molecule has 4 saturated heterocycles. The molecule has 21 heteroatoms. The molecule has 448 valence electrons. The van der Waals surface area contributed by atoms with Gasteiger partial charge in [0.2, 0.25) is 5.91 Å². The average Bonchev–Trinajstić information content (AvgIpc) is 4.39. The van der Waals surface area contributed by atoms with Gasteiger partial charge in [0.05, 0.1) is 29.3 Å². The van der Waals surface area contributed by atoms with Crippen LogP contribution < -0.4 is 29.4 Å². The maximum atomic E-state index is 11.9. The number of hydrogen-bond donors (Lipinski definition) is 4. The molecule has 0 atom stereocenters. The first-order valence-corrected chi connectivity index (χ1v) is 31.5. The second-order valence-corrected chi connectivity index (χ2v) is 24.7. The summed E-state index contributed by atoms with van der Waals surface area (Å²) in [5.74, 6) is 0.342. The number of benzene rings is 4. The number of piperidine rings is 1. The van der Waals surface area contributed by atoms with E-state index < -0.39 is 0 Å². The molecule has 11 aromatic rings. The molecule has 16 rings (SSSR count). The standard InChI is InChI=1S/2C17H17ClN4.C17H20ClN3O.C15H16ClN5/c18-13-11-16-15(3-6-20-16)17(12-13)22-9-7-21(8-10-22)14-1-4-19-5-2-14;18-13-10-16-15(3-5-20-16)17(11-13)22-8-6-21(7-9-22)14-2-1-4-19-12-14;18-12-10-15-14(3-6-19-15)16(11-12)20-8-4-13(5-9-20)21-7-1-2-17(21)22;1-9-12-8-21(4-3-14(12)20(2)19-9)15-6-10(16)5-13-11(15)7-17-18-13/h1-6,11-12,20H,7-10H2;1-5,10-12,20H,6-9H2;3,6,10-11,13,19H,1-2,4-5,7-9H2;5-7H,3-4,8H2,1-2H3,(H,17,18). The van der Waals surface area contributed by atoms with Crippen LogP contribution in [0, 0.1) is 6.92 Å². The largest absolute Gasteiger partial charge is 0.371 e. The maximum Gasteiger partial charge on any atom is 0.222 e. The molecule has 4 fully saturated rings. The normalized spacial score (nSPS) is 16.5. The van der Waals surface area contributed by atoms with Crippen LogP contribution in [0.4, 0.5) is 34.1 Å². The second-order valence-electron chi connectivity index (χ2n) is 22.9. The fourth-order valence-corrected chi connectivity index (χ4v) is 14.2. The van der Waals surface area contributed by atoms with Gasteiger partial charge < -0.3 is 49.3 Å². The van der Waals surface area contributed by atoms with Gasteiger partial charge in [-0.15, -0.1) is 0 Å². The van der Waals surface area contributed by atoms with Gasteiger partial charge >= 0.3 is 0 Å². The van der Waals surface area contributed by atoms with Crippen molar-refractivity contribution in [3.05, 3.63) is 178 Å². The zero-order valence-corrected chi connectivity index (χ0v) is 51.9. The van der Waals surface area contributed by atoms with Crippen LogP contribution in [0.2, 0.25) is 20.1 Å². The Morgan fingerprint density at radius 3 is 1.52 bits per heavy atom. The summed E-state index contributed by atoms with van der Waals surface area (Å²) in [5, 5.41) is 19.5. The summed E-state index contributed by atoms with van der Waals surface area (Å²) < 4.78 is 2.01. The Balaban J connectivity index is 0.000000107. The number of hydrogen-bond acceptors (Lipinski definition) is 11. The van der Waals surface area contributed by atoms with E-state index in [4.69, 9.17) is 46.4 Å². The number of anilines is 6. The topological polar surface area (TPSA) is 159 Å². The van der Waals surface area contributed by atoms with Crippen molar-refractivity contribution in [2.24, 2.45) is 7.05 Å². The van der Waals surface area contributed by atoms with Gasteiger partial charge in [-0.25, -0.2) is 0 Å². The molecule has 4 N–H and O–H groups in total. The van der Waals surface area contributed by atoms with Crippen molar-refractivity contribution >= 4 is 130 Å². The summed E-state index contributed by atoms with van der Waals surface area (Å²) in [6, 6.07) is 31.1. The monoisotopic (exact) mass is 1240 g/mol. The van der Waals surface area contributed by atoms with E-state index in [-0.39, 0.29) is 0 Å². The maximum absolute atomic E-state index is 11.9. The van der Waals surface area contributed by atoms with Crippen molar-refractivity contribution < 1.29 is 4.79 Å². The summed E-state index contributed by atoms with van der Waals surface area (Å²) in [6.45, 7) is 14.7. The number of H-pyrrole nitrogens is 4. The number of pyridine rings is 2. The molecule has 0 unspecified atom stereocenters. The molecule has 12 heterocycles. The molecule has 7 aromatic heterocycles. The van der Waals surface area contributed by atoms with Crippen molar-refractivity contribution in [2.75, 3.05) is 108 Å². The Hall–Kier alpha value is -8.09. The molecular formula is C66H70Cl4N16O. The van der Waals surface area contributed by atoms with Gasteiger partial charge in [-0.3, -0.25) is 24.5 Å². The number of aromatic amines is 4. The van der Waals surface area contributed by atoms with Gasteiger partial charge in [-0.2, -0.15) is 10.2 Å². The highest BCUT2D eigenvalue weighted by molar-refractivity contribution is 6.33. The third kappa shape index (κ3) is 12.6. The Morgan fingerprint density at radius 1 is 0.494 bits per heavy atom. The third-order valence-corrected chi connectivity index (χ3v) is 18.6. The first-order chi connectivity index (χ1) is 42.5. The number of rotatable bonds is 7. The SMILES string of the molecule is Cc1nn(C)c2c1CN(c1cc(Cl)cc3[nH]ncc13)CC2.Clc1cc(N2CCN(c3cccnc3)CC2)c2cc[nH]c2c1.Clc1cc(N2CCN(c3ccncc3)CC2)c2cc[nH]c2c1.O=C1CCCN1C1CCN(c2cc(Cl)cc3[nH]ccc23)CC1. The lowest BCUT2D eigenvalue weighted by molar-refractivity contribution is -0.130. The highest BCUT2D eigenvalue weighted by atomic mass is 35.5. The van der Waals surface area contributed by atoms with Gasteiger partial charge in [0.15, 0.2) is 0 Å². The van der Waals surface area contributed by atoms with E-state index in [2.05, 4.69) is 136 Å². The highest BCUT2D eigenvalue weighted by Gasteiger charge is 2.32. The number of aryl methyl sites for hydroxylation is 2. The Kier molecular flexibility index (Phi) is 17.1. The molecule has 17 nitrogen and oxygen atoms in total. The Morgan fingerprint density at radius 2 is 1.00 bits per heavy atom. The van der Waals surface area contributed by atoms with E-state index in [1.54, 1.807) is 0 Å². The van der Waals surface area contributed by atoms with Crippen LogP contribution in [-0.2, 0) is 24.8 Å². The fourth-order valence-electron chi connectivity index (χ4n) is 13.3. The number of nitrogens with one attached hydrogen (secondary N) is 4.